The fraction of sp³-hybridized carbons (Fsp3) is 1.00. The lowest BCUT2D eigenvalue weighted by atomic mass is 10.2. The maximum Gasteiger partial charge on any atom is 0.214 e. The van der Waals surface area contributed by atoms with Gasteiger partial charge in [-0.05, 0) is 31.8 Å². The lowest BCUT2D eigenvalue weighted by molar-refractivity contribution is 0.172. The topological polar surface area (TPSA) is 52.7 Å². The van der Waals surface area contributed by atoms with Gasteiger partial charge in [-0.15, -0.1) is 0 Å². The third kappa shape index (κ3) is 6.52. The van der Waals surface area contributed by atoms with Gasteiger partial charge in [-0.25, -0.2) is 8.42 Å². The van der Waals surface area contributed by atoms with Gasteiger partial charge >= 0.3 is 0 Å². The van der Waals surface area contributed by atoms with Crippen molar-refractivity contribution in [2.24, 2.45) is 5.92 Å². The highest BCUT2D eigenvalue weighted by Gasteiger charge is 2.26. The highest BCUT2D eigenvalue weighted by Crippen LogP contribution is 2.10. The van der Waals surface area contributed by atoms with Gasteiger partial charge in [-0.2, -0.15) is 4.31 Å². The molecule has 0 radical (unpaired) electrons. The van der Waals surface area contributed by atoms with E-state index in [1.165, 1.54) is 0 Å². The zero-order valence-electron chi connectivity index (χ0n) is 13.3. The van der Waals surface area contributed by atoms with Crippen LogP contribution in [0.4, 0.5) is 0 Å². The van der Waals surface area contributed by atoms with Gasteiger partial charge in [0.25, 0.3) is 0 Å². The summed E-state index contributed by atoms with van der Waals surface area (Å²) in [6.07, 6.45) is 1.79. The summed E-state index contributed by atoms with van der Waals surface area (Å²) in [7, 11) is -3.06. The number of nitrogens with one attached hydrogen (secondary N) is 1. The van der Waals surface area contributed by atoms with Crippen molar-refractivity contribution in [2.45, 2.75) is 33.6 Å². The predicted octanol–water partition coefficient (Wildman–Crippen LogP) is 0.980. The molecule has 0 aromatic rings. The molecule has 1 rings (SSSR count). The molecule has 0 amide bonds. The molecule has 0 atom stereocenters. The summed E-state index contributed by atoms with van der Waals surface area (Å²) in [6, 6.07) is 0. The SMILES string of the molecule is CCCNCCCS(=O)(=O)N1CCN(CC(C)C)CC1. The van der Waals surface area contributed by atoms with Crippen molar-refractivity contribution in [1.82, 2.24) is 14.5 Å². The second-order valence-corrected chi connectivity index (χ2v) is 8.10. The normalized spacial score (nSPS) is 18.8. The molecule has 0 aromatic carbocycles. The Balaban J connectivity index is 2.28. The lowest BCUT2D eigenvalue weighted by Crippen LogP contribution is -2.50. The van der Waals surface area contributed by atoms with E-state index in [2.05, 4.69) is 31.0 Å². The average Bonchev–Trinajstić information content (AvgIpc) is 2.38. The zero-order chi connectivity index (χ0) is 15.0. The Bertz CT molecular complexity index is 349. The molecule has 0 unspecified atom stereocenters. The number of piperazine rings is 1. The van der Waals surface area contributed by atoms with Gasteiger partial charge in [0, 0.05) is 32.7 Å². The maximum absolute atomic E-state index is 12.2. The smallest absolute Gasteiger partial charge is 0.214 e. The fourth-order valence-electron chi connectivity index (χ4n) is 2.52. The summed E-state index contributed by atoms with van der Waals surface area (Å²) in [6.45, 7) is 12.4. The molecule has 0 aliphatic carbocycles. The molecule has 1 aliphatic rings. The van der Waals surface area contributed by atoms with Crippen LogP contribution in [0, 0.1) is 5.92 Å². The Morgan fingerprint density at radius 3 is 2.30 bits per heavy atom. The minimum atomic E-state index is -3.06. The molecule has 1 N–H and O–H groups in total. The Morgan fingerprint density at radius 2 is 1.75 bits per heavy atom. The molecule has 1 aliphatic heterocycles. The predicted molar refractivity (Wildman–Crippen MR) is 84.4 cm³/mol. The van der Waals surface area contributed by atoms with Crippen LogP contribution in [-0.4, -0.2) is 69.2 Å². The van der Waals surface area contributed by atoms with E-state index in [0.717, 1.165) is 39.1 Å². The summed E-state index contributed by atoms with van der Waals surface area (Å²) >= 11 is 0. The summed E-state index contributed by atoms with van der Waals surface area (Å²) in [5.74, 6) is 0.913. The van der Waals surface area contributed by atoms with E-state index in [1.54, 1.807) is 4.31 Å². The van der Waals surface area contributed by atoms with E-state index in [-0.39, 0.29) is 5.75 Å². The van der Waals surface area contributed by atoms with Gasteiger partial charge < -0.3 is 10.2 Å². The molecule has 0 saturated carbocycles. The lowest BCUT2D eigenvalue weighted by Gasteiger charge is -2.34. The standard InChI is InChI=1S/C14H31N3O2S/c1-4-6-15-7-5-12-20(18,19)17-10-8-16(9-11-17)13-14(2)3/h14-15H,4-13H2,1-3H3. The number of rotatable bonds is 9. The number of hydrogen-bond donors (Lipinski definition) is 1. The Hall–Kier alpha value is -0.170. The monoisotopic (exact) mass is 305 g/mol. The molecule has 1 fully saturated rings. The Kier molecular flexibility index (Phi) is 8.02. The Morgan fingerprint density at radius 1 is 1.10 bits per heavy atom. The van der Waals surface area contributed by atoms with Crippen molar-refractivity contribution < 1.29 is 8.42 Å². The summed E-state index contributed by atoms with van der Waals surface area (Å²) in [5.41, 5.74) is 0. The van der Waals surface area contributed by atoms with Crippen LogP contribution >= 0.6 is 0 Å². The molecule has 6 heteroatoms. The van der Waals surface area contributed by atoms with Gasteiger partial charge in [0.1, 0.15) is 0 Å². The number of hydrogen-bond acceptors (Lipinski definition) is 4. The molecular weight excluding hydrogens is 274 g/mol. The van der Waals surface area contributed by atoms with Crippen LogP contribution in [-0.2, 0) is 10.0 Å². The second-order valence-electron chi connectivity index (χ2n) is 6.01. The van der Waals surface area contributed by atoms with Crippen LogP contribution < -0.4 is 5.32 Å². The van der Waals surface area contributed by atoms with Crippen molar-refractivity contribution in [3.63, 3.8) is 0 Å². The largest absolute Gasteiger partial charge is 0.317 e. The highest BCUT2D eigenvalue weighted by molar-refractivity contribution is 7.89. The first-order valence-electron chi connectivity index (χ1n) is 7.86. The fourth-order valence-corrected chi connectivity index (χ4v) is 4.00. The maximum atomic E-state index is 12.2. The van der Waals surface area contributed by atoms with Crippen LogP contribution in [0.25, 0.3) is 0 Å². The van der Waals surface area contributed by atoms with Gasteiger partial charge in [-0.1, -0.05) is 20.8 Å². The van der Waals surface area contributed by atoms with Crippen molar-refractivity contribution >= 4 is 10.0 Å². The quantitative estimate of drug-likeness (QED) is 0.645. The summed E-state index contributed by atoms with van der Waals surface area (Å²) in [5, 5.41) is 3.25. The molecule has 5 nitrogen and oxygen atoms in total. The van der Waals surface area contributed by atoms with Crippen LogP contribution in [0.2, 0.25) is 0 Å². The van der Waals surface area contributed by atoms with Crippen molar-refractivity contribution in [1.29, 1.82) is 0 Å². The second kappa shape index (κ2) is 8.97. The third-order valence-electron chi connectivity index (χ3n) is 3.53. The van der Waals surface area contributed by atoms with E-state index in [1.807, 2.05) is 0 Å². The minimum Gasteiger partial charge on any atom is -0.317 e. The first-order chi connectivity index (χ1) is 9.45. The van der Waals surface area contributed by atoms with E-state index < -0.39 is 10.0 Å². The minimum absolute atomic E-state index is 0.272. The molecule has 0 bridgehead atoms. The van der Waals surface area contributed by atoms with Crippen LogP contribution in [0.1, 0.15) is 33.6 Å². The molecule has 120 valence electrons. The van der Waals surface area contributed by atoms with Crippen LogP contribution in [0.15, 0.2) is 0 Å². The Labute approximate surface area is 124 Å². The third-order valence-corrected chi connectivity index (χ3v) is 5.49. The molecule has 1 saturated heterocycles. The first kappa shape index (κ1) is 17.9. The van der Waals surface area contributed by atoms with E-state index in [4.69, 9.17) is 0 Å². The van der Waals surface area contributed by atoms with E-state index in [0.29, 0.717) is 25.4 Å². The molecule has 1 heterocycles. The van der Waals surface area contributed by atoms with E-state index >= 15 is 0 Å². The van der Waals surface area contributed by atoms with Gasteiger partial charge in [0.05, 0.1) is 5.75 Å². The number of sulfonamides is 1. The van der Waals surface area contributed by atoms with Gasteiger partial charge in [0.15, 0.2) is 0 Å². The highest BCUT2D eigenvalue weighted by atomic mass is 32.2. The summed E-state index contributed by atoms with van der Waals surface area (Å²) in [4.78, 5) is 2.36. The van der Waals surface area contributed by atoms with Crippen LogP contribution in [0.3, 0.4) is 0 Å². The van der Waals surface area contributed by atoms with Crippen LogP contribution in [0.5, 0.6) is 0 Å². The van der Waals surface area contributed by atoms with Crippen molar-refractivity contribution in [2.75, 3.05) is 51.6 Å². The molecular formula is C14H31N3O2S. The molecule has 20 heavy (non-hydrogen) atoms. The van der Waals surface area contributed by atoms with Crippen molar-refractivity contribution in [3.05, 3.63) is 0 Å². The molecule has 0 spiro atoms. The van der Waals surface area contributed by atoms with Gasteiger partial charge in [-0.3, -0.25) is 0 Å². The van der Waals surface area contributed by atoms with Gasteiger partial charge in [0.2, 0.25) is 10.0 Å². The number of nitrogens with zero attached hydrogens (tertiary/aromatic N) is 2. The average molecular weight is 305 g/mol. The van der Waals surface area contributed by atoms with Crippen molar-refractivity contribution in [3.8, 4) is 0 Å². The zero-order valence-corrected chi connectivity index (χ0v) is 14.1. The molecule has 0 aromatic heterocycles. The summed E-state index contributed by atoms with van der Waals surface area (Å²) < 4.78 is 26.1. The van der Waals surface area contributed by atoms with E-state index in [9.17, 15) is 8.42 Å². The first-order valence-corrected chi connectivity index (χ1v) is 9.47.